The van der Waals surface area contributed by atoms with Crippen molar-refractivity contribution in [2.75, 3.05) is 38.3 Å². The minimum absolute atomic E-state index is 0.00818. The number of benzene rings is 1. The Bertz CT molecular complexity index is 534. The lowest BCUT2D eigenvalue weighted by atomic mass is 9.92. The number of anilines is 1. The zero-order valence-electron chi connectivity index (χ0n) is 13.0. The van der Waals surface area contributed by atoms with Gasteiger partial charge in [-0.3, -0.25) is 9.69 Å². The Morgan fingerprint density at radius 2 is 2.00 bits per heavy atom. The summed E-state index contributed by atoms with van der Waals surface area (Å²) < 4.78 is 0. The summed E-state index contributed by atoms with van der Waals surface area (Å²) >= 11 is 6.17. The van der Waals surface area contributed by atoms with E-state index < -0.39 is 5.41 Å². The van der Waals surface area contributed by atoms with E-state index in [0.29, 0.717) is 24.5 Å². The Balaban J connectivity index is 2.10. The van der Waals surface area contributed by atoms with Gasteiger partial charge in [-0.05, 0) is 25.6 Å². The largest absolute Gasteiger partial charge is 0.396 e. The average Bonchev–Trinajstić information content (AvgIpc) is 2.89. The summed E-state index contributed by atoms with van der Waals surface area (Å²) in [5.41, 5.74) is 0.115. The van der Waals surface area contributed by atoms with Crippen molar-refractivity contribution in [2.45, 2.75) is 19.4 Å². The fraction of sp³-hybridized carbons (Fsp3) is 0.562. The van der Waals surface area contributed by atoms with Crippen molar-refractivity contribution in [1.29, 1.82) is 0 Å². The summed E-state index contributed by atoms with van der Waals surface area (Å²) in [7, 11) is 1.85. The van der Waals surface area contributed by atoms with Crippen LogP contribution in [-0.4, -0.2) is 60.4 Å². The fourth-order valence-electron chi connectivity index (χ4n) is 2.85. The number of likely N-dealkylation sites (N-methyl/N-ethyl adjacent to an activating group) is 1. The van der Waals surface area contributed by atoms with Crippen molar-refractivity contribution in [2.24, 2.45) is 5.41 Å². The summed E-state index contributed by atoms with van der Waals surface area (Å²) in [6.07, 6.45) is 0.702. The van der Waals surface area contributed by atoms with Gasteiger partial charge in [-0.25, -0.2) is 0 Å². The summed E-state index contributed by atoms with van der Waals surface area (Å²) in [5, 5.41) is 19.4. The molecule has 1 amide bonds. The molecule has 5 nitrogen and oxygen atoms in total. The van der Waals surface area contributed by atoms with Gasteiger partial charge in [0.1, 0.15) is 0 Å². The van der Waals surface area contributed by atoms with Crippen molar-refractivity contribution >= 4 is 23.2 Å². The van der Waals surface area contributed by atoms with Gasteiger partial charge in [0, 0.05) is 18.5 Å². The maximum absolute atomic E-state index is 12.7. The molecule has 1 unspecified atom stereocenters. The Kier molecular flexibility index (Phi) is 5.45. The third-order valence-electron chi connectivity index (χ3n) is 4.25. The molecule has 0 saturated carbocycles. The second kappa shape index (κ2) is 6.96. The molecule has 1 aromatic carbocycles. The molecule has 2 N–H and O–H groups in total. The number of aliphatic hydroxyl groups excluding tert-OH is 2. The maximum Gasteiger partial charge on any atom is 0.244 e. The molecule has 0 aliphatic carbocycles. The monoisotopic (exact) mass is 326 g/mol. The number of para-hydroxylation sites is 1. The lowest BCUT2D eigenvalue weighted by Crippen LogP contribution is -2.46. The number of nitrogens with zero attached hydrogens (tertiary/aromatic N) is 2. The van der Waals surface area contributed by atoms with E-state index in [9.17, 15) is 15.0 Å². The van der Waals surface area contributed by atoms with E-state index in [2.05, 4.69) is 0 Å². The van der Waals surface area contributed by atoms with E-state index >= 15 is 0 Å². The highest BCUT2D eigenvalue weighted by atomic mass is 35.5. The van der Waals surface area contributed by atoms with Gasteiger partial charge in [-0.15, -0.1) is 0 Å². The van der Waals surface area contributed by atoms with Crippen LogP contribution in [0.15, 0.2) is 24.3 Å². The molecule has 1 heterocycles. The molecule has 0 aromatic heterocycles. The fourth-order valence-corrected chi connectivity index (χ4v) is 3.08. The van der Waals surface area contributed by atoms with Crippen LogP contribution in [-0.2, 0) is 4.79 Å². The van der Waals surface area contributed by atoms with E-state index in [1.54, 1.807) is 17.9 Å². The van der Waals surface area contributed by atoms with Gasteiger partial charge in [0.25, 0.3) is 0 Å². The molecule has 0 spiro atoms. The van der Waals surface area contributed by atoms with Gasteiger partial charge >= 0.3 is 0 Å². The number of carbonyl (C=O) groups excluding carboxylic acids is 1. The Morgan fingerprint density at radius 3 is 2.59 bits per heavy atom. The summed E-state index contributed by atoms with van der Waals surface area (Å²) in [5.74, 6) is 0.00818. The van der Waals surface area contributed by atoms with Gasteiger partial charge in [0.05, 0.1) is 30.0 Å². The SMILES string of the molecule is CN(CC(C)(CO)CO)C1CCN(c2ccccc2Cl)C1=O. The highest BCUT2D eigenvalue weighted by Crippen LogP contribution is 2.31. The van der Waals surface area contributed by atoms with Crippen molar-refractivity contribution in [3.8, 4) is 0 Å². The number of amides is 1. The Morgan fingerprint density at radius 1 is 1.36 bits per heavy atom. The van der Waals surface area contributed by atoms with Crippen molar-refractivity contribution in [1.82, 2.24) is 4.90 Å². The van der Waals surface area contributed by atoms with Crippen LogP contribution in [0.2, 0.25) is 5.02 Å². The molecule has 122 valence electrons. The van der Waals surface area contributed by atoms with Crippen molar-refractivity contribution in [3.05, 3.63) is 29.3 Å². The van der Waals surface area contributed by atoms with E-state index in [0.717, 1.165) is 5.69 Å². The van der Waals surface area contributed by atoms with Crippen molar-refractivity contribution < 1.29 is 15.0 Å². The normalized spacial score (nSPS) is 19.3. The average molecular weight is 327 g/mol. The molecule has 6 heteroatoms. The Hall–Kier alpha value is -1.14. The third kappa shape index (κ3) is 3.43. The zero-order valence-corrected chi connectivity index (χ0v) is 13.8. The van der Waals surface area contributed by atoms with Gasteiger partial charge in [-0.2, -0.15) is 0 Å². The first-order chi connectivity index (χ1) is 10.4. The van der Waals surface area contributed by atoms with Crippen LogP contribution in [0.5, 0.6) is 0 Å². The van der Waals surface area contributed by atoms with Crippen LogP contribution in [0, 0.1) is 5.41 Å². The molecule has 0 bridgehead atoms. The number of aliphatic hydroxyl groups is 2. The summed E-state index contributed by atoms with van der Waals surface area (Å²) in [4.78, 5) is 16.3. The topological polar surface area (TPSA) is 64.0 Å². The Labute approximate surface area is 136 Å². The second-order valence-corrected chi connectivity index (χ2v) is 6.69. The number of hydrogen-bond acceptors (Lipinski definition) is 4. The van der Waals surface area contributed by atoms with Gasteiger partial charge < -0.3 is 15.1 Å². The molecule has 1 aliphatic rings. The lowest BCUT2D eigenvalue weighted by Gasteiger charge is -2.33. The lowest BCUT2D eigenvalue weighted by molar-refractivity contribution is -0.122. The molecule has 1 aromatic rings. The van der Waals surface area contributed by atoms with Crippen molar-refractivity contribution in [3.63, 3.8) is 0 Å². The highest BCUT2D eigenvalue weighted by Gasteiger charge is 2.38. The minimum Gasteiger partial charge on any atom is -0.396 e. The zero-order chi connectivity index (χ0) is 16.3. The molecule has 2 rings (SSSR count). The van der Waals surface area contributed by atoms with Crippen LogP contribution in [0.1, 0.15) is 13.3 Å². The third-order valence-corrected chi connectivity index (χ3v) is 4.57. The molecular formula is C16H23ClN2O3. The predicted octanol–water partition coefficient (Wildman–Crippen LogP) is 1.37. The number of rotatable bonds is 6. The van der Waals surface area contributed by atoms with Crippen LogP contribution >= 0.6 is 11.6 Å². The molecule has 1 atom stereocenters. The molecule has 22 heavy (non-hydrogen) atoms. The number of carbonyl (C=O) groups is 1. The second-order valence-electron chi connectivity index (χ2n) is 6.29. The van der Waals surface area contributed by atoms with Crippen LogP contribution in [0.3, 0.4) is 0 Å². The summed E-state index contributed by atoms with van der Waals surface area (Å²) in [6, 6.07) is 7.06. The smallest absolute Gasteiger partial charge is 0.244 e. The number of halogens is 1. The first-order valence-corrected chi connectivity index (χ1v) is 7.77. The van der Waals surface area contributed by atoms with Crippen LogP contribution in [0.25, 0.3) is 0 Å². The first-order valence-electron chi connectivity index (χ1n) is 7.40. The van der Waals surface area contributed by atoms with Crippen LogP contribution < -0.4 is 4.90 Å². The van der Waals surface area contributed by atoms with Crippen LogP contribution in [0.4, 0.5) is 5.69 Å². The first kappa shape index (κ1) is 17.2. The quantitative estimate of drug-likeness (QED) is 0.828. The minimum atomic E-state index is -0.618. The molecular weight excluding hydrogens is 304 g/mol. The molecule has 1 aliphatic heterocycles. The standard InChI is InChI=1S/C16H23ClN2O3/c1-16(10-20,11-21)9-18(2)14-7-8-19(15(14)22)13-6-4-3-5-12(13)17/h3-6,14,20-21H,7-11H2,1-2H3. The van der Waals surface area contributed by atoms with E-state index in [-0.39, 0.29) is 25.2 Å². The summed E-state index contributed by atoms with van der Waals surface area (Å²) in [6.45, 7) is 2.63. The van der Waals surface area contributed by atoms with E-state index in [1.165, 1.54) is 0 Å². The molecule has 0 radical (unpaired) electrons. The van der Waals surface area contributed by atoms with Gasteiger partial charge in [0.2, 0.25) is 5.91 Å². The molecule has 1 fully saturated rings. The molecule has 1 saturated heterocycles. The predicted molar refractivity (Wildman–Crippen MR) is 87.1 cm³/mol. The van der Waals surface area contributed by atoms with Gasteiger partial charge in [-0.1, -0.05) is 30.7 Å². The van der Waals surface area contributed by atoms with E-state index in [1.807, 2.05) is 30.1 Å². The highest BCUT2D eigenvalue weighted by molar-refractivity contribution is 6.33. The van der Waals surface area contributed by atoms with Gasteiger partial charge in [0.15, 0.2) is 0 Å². The maximum atomic E-state index is 12.7. The van der Waals surface area contributed by atoms with E-state index in [4.69, 9.17) is 11.6 Å². The number of hydrogen-bond donors (Lipinski definition) is 2.